The molecule has 0 aliphatic heterocycles. The number of rotatable bonds is 3. The zero-order chi connectivity index (χ0) is 15.9. The highest BCUT2D eigenvalue weighted by Gasteiger charge is 2.24. The average Bonchev–Trinajstić information content (AvgIpc) is 2.99. The maximum atomic E-state index is 12.5. The Morgan fingerprint density at radius 3 is 2.68 bits per heavy atom. The molecule has 0 saturated heterocycles. The van der Waals surface area contributed by atoms with Gasteiger partial charge in [-0.2, -0.15) is 0 Å². The zero-order valence-electron chi connectivity index (χ0n) is 12.0. The van der Waals surface area contributed by atoms with Crippen molar-refractivity contribution in [1.82, 2.24) is 14.5 Å². The quantitative estimate of drug-likeness (QED) is 0.856. The van der Waals surface area contributed by atoms with Crippen LogP contribution in [-0.4, -0.2) is 36.1 Å². The summed E-state index contributed by atoms with van der Waals surface area (Å²) in [5.41, 5.74) is -0.478. The molecule has 1 aliphatic rings. The molecule has 1 unspecified atom stereocenters. The molecule has 0 bridgehead atoms. The number of carboxylic acid groups (broad SMARTS) is 1. The van der Waals surface area contributed by atoms with E-state index in [0.29, 0.717) is 11.0 Å². The van der Waals surface area contributed by atoms with E-state index >= 15 is 0 Å². The van der Waals surface area contributed by atoms with Crippen molar-refractivity contribution in [2.24, 2.45) is 0 Å². The van der Waals surface area contributed by atoms with Crippen LogP contribution in [0.25, 0.3) is 11.0 Å². The molecule has 2 aromatic rings. The molecule has 116 valence electrons. The maximum absolute atomic E-state index is 12.5. The van der Waals surface area contributed by atoms with Gasteiger partial charge in [0, 0.05) is 23.9 Å². The first-order chi connectivity index (χ1) is 10.5. The standard InChI is InChI=1S/C14H15N3O4S/c1-22(21)14-15-7-8-6-10(13(19)20)12(18)17(11(8)16-14)9-4-2-3-5-9/h6-7,9H,2-5H2,1H3,(H,19,20). The van der Waals surface area contributed by atoms with Gasteiger partial charge >= 0.3 is 5.97 Å². The van der Waals surface area contributed by atoms with Crippen molar-refractivity contribution in [3.63, 3.8) is 0 Å². The minimum absolute atomic E-state index is 0.0673. The first kappa shape index (κ1) is 14.8. The highest BCUT2D eigenvalue weighted by Crippen LogP contribution is 2.30. The number of hydrogen-bond donors (Lipinski definition) is 1. The maximum Gasteiger partial charge on any atom is 0.341 e. The van der Waals surface area contributed by atoms with Gasteiger partial charge in [-0.05, 0) is 18.9 Å². The van der Waals surface area contributed by atoms with E-state index in [0.717, 1.165) is 25.7 Å². The molecule has 1 aliphatic carbocycles. The van der Waals surface area contributed by atoms with Crippen molar-refractivity contribution in [3.05, 3.63) is 28.2 Å². The summed E-state index contributed by atoms with van der Waals surface area (Å²) in [6.45, 7) is 0. The van der Waals surface area contributed by atoms with Gasteiger partial charge in [0.2, 0.25) is 5.16 Å². The molecule has 1 saturated carbocycles. The lowest BCUT2D eigenvalue weighted by atomic mass is 10.1. The fraction of sp³-hybridized carbons (Fsp3) is 0.429. The molecular weight excluding hydrogens is 306 g/mol. The summed E-state index contributed by atoms with van der Waals surface area (Å²) in [6.07, 6.45) is 6.50. The second-order valence-electron chi connectivity index (χ2n) is 5.36. The zero-order valence-corrected chi connectivity index (χ0v) is 12.8. The number of carbonyl (C=O) groups is 1. The van der Waals surface area contributed by atoms with Gasteiger partial charge in [0.15, 0.2) is 0 Å². The van der Waals surface area contributed by atoms with E-state index in [9.17, 15) is 18.9 Å². The van der Waals surface area contributed by atoms with Gasteiger partial charge in [0.05, 0.1) is 10.8 Å². The van der Waals surface area contributed by atoms with Crippen molar-refractivity contribution in [2.45, 2.75) is 36.9 Å². The van der Waals surface area contributed by atoms with E-state index < -0.39 is 22.3 Å². The van der Waals surface area contributed by atoms with Crippen LogP contribution >= 0.6 is 0 Å². The first-order valence-electron chi connectivity index (χ1n) is 6.98. The van der Waals surface area contributed by atoms with Crippen LogP contribution in [0.2, 0.25) is 0 Å². The van der Waals surface area contributed by atoms with Gasteiger partial charge < -0.3 is 5.11 Å². The molecule has 22 heavy (non-hydrogen) atoms. The van der Waals surface area contributed by atoms with Crippen molar-refractivity contribution in [3.8, 4) is 0 Å². The molecule has 0 aromatic carbocycles. The second kappa shape index (κ2) is 5.60. The van der Waals surface area contributed by atoms with E-state index in [1.807, 2.05) is 0 Å². The van der Waals surface area contributed by atoms with Crippen molar-refractivity contribution >= 4 is 27.8 Å². The summed E-state index contributed by atoms with van der Waals surface area (Å²) >= 11 is 0. The highest BCUT2D eigenvalue weighted by atomic mass is 32.2. The van der Waals surface area contributed by atoms with Crippen molar-refractivity contribution in [2.75, 3.05) is 6.26 Å². The lowest BCUT2D eigenvalue weighted by molar-refractivity contribution is 0.0694. The molecule has 0 amide bonds. The Morgan fingerprint density at radius 1 is 1.41 bits per heavy atom. The van der Waals surface area contributed by atoms with Crippen LogP contribution in [0.15, 0.2) is 22.2 Å². The van der Waals surface area contributed by atoms with Gasteiger partial charge in [0.1, 0.15) is 11.2 Å². The second-order valence-corrected chi connectivity index (χ2v) is 6.64. The fourth-order valence-electron chi connectivity index (χ4n) is 2.90. The Kier molecular flexibility index (Phi) is 3.78. The fourth-order valence-corrected chi connectivity index (χ4v) is 3.31. The van der Waals surface area contributed by atoms with Crippen LogP contribution in [0.1, 0.15) is 42.1 Å². The van der Waals surface area contributed by atoms with Crippen LogP contribution in [-0.2, 0) is 10.8 Å². The number of nitrogens with zero attached hydrogens (tertiary/aromatic N) is 3. The Labute approximate surface area is 128 Å². The highest BCUT2D eigenvalue weighted by molar-refractivity contribution is 7.84. The number of fused-ring (bicyclic) bond motifs is 1. The minimum atomic E-state index is -1.37. The monoisotopic (exact) mass is 321 g/mol. The van der Waals surface area contributed by atoms with Gasteiger partial charge in [0.25, 0.3) is 5.56 Å². The van der Waals surface area contributed by atoms with Crippen LogP contribution in [0.4, 0.5) is 0 Å². The largest absolute Gasteiger partial charge is 0.477 e. The number of carboxylic acids is 1. The lowest BCUT2D eigenvalue weighted by Crippen LogP contribution is -2.29. The lowest BCUT2D eigenvalue weighted by Gasteiger charge is -2.17. The Hall–Kier alpha value is -2.09. The van der Waals surface area contributed by atoms with Crippen LogP contribution < -0.4 is 5.56 Å². The van der Waals surface area contributed by atoms with Gasteiger partial charge in [-0.25, -0.2) is 14.8 Å². The molecule has 7 nitrogen and oxygen atoms in total. The topological polar surface area (TPSA) is 102 Å². The third-order valence-corrected chi connectivity index (χ3v) is 4.64. The molecule has 1 fully saturated rings. The van der Waals surface area contributed by atoms with Crippen molar-refractivity contribution in [1.29, 1.82) is 0 Å². The summed E-state index contributed by atoms with van der Waals surface area (Å²) in [5.74, 6) is -1.26. The van der Waals surface area contributed by atoms with Crippen LogP contribution in [0.5, 0.6) is 0 Å². The normalized spacial score (nSPS) is 17.0. The van der Waals surface area contributed by atoms with Gasteiger partial charge in [-0.3, -0.25) is 13.6 Å². The SMILES string of the molecule is CS(=O)c1ncc2cc(C(=O)O)c(=O)n(C3CCCC3)c2n1. The van der Waals surface area contributed by atoms with Gasteiger partial charge in [-0.15, -0.1) is 0 Å². The number of pyridine rings is 1. The molecule has 1 N–H and O–H groups in total. The first-order valence-corrected chi connectivity index (χ1v) is 8.54. The van der Waals surface area contributed by atoms with Gasteiger partial charge in [-0.1, -0.05) is 12.8 Å². The van der Waals surface area contributed by atoms with E-state index in [2.05, 4.69) is 9.97 Å². The predicted octanol–water partition coefficient (Wildman–Crippen LogP) is 1.34. The molecule has 8 heteroatoms. The summed E-state index contributed by atoms with van der Waals surface area (Å²) in [7, 11) is -1.37. The summed E-state index contributed by atoms with van der Waals surface area (Å²) < 4.78 is 13.0. The molecule has 2 heterocycles. The van der Waals surface area contributed by atoms with E-state index in [-0.39, 0.29) is 16.8 Å². The number of aromatic nitrogens is 3. The van der Waals surface area contributed by atoms with E-state index in [1.54, 1.807) is 0 Å². The summed E-state index contributed by atoms with van der Waals surface area (Å²) in [6, 6.07) is 1.22. The van der Waals surface area contributed by atoms with Crippen LogP contribution in [0.3, 0.4) is 0 Å². The smallest absolute Gasteiger partial charge is 0.341 e. The third-order valence-electron chi connectivity index (χ3n) is 3.93. The molecule has 0 spiro atoms. The van der Waals surface area contributed by atoms with E-state index in [4.69, 9.17) is 0 Å². The Balaban J connectivity index is 2.36. The Morgan fingerprint density at radius 2 is 2.09 bits per heavy atom. The van der Waals surface area contributed by atoms with Crippen LogP contribution in [0, 0.1) is 0 Å². The number of hydrogen-bond acceptors (Lipinski definition) is 5. The third kappa shape index (κ3) is 2.43. The molecule has 1 atom stereocenters. The predicted molar refractivity (Wildman–Crippen MR) is 80.6 cm³/mol. The molecule has 3 rings (SSSR count). The average molecular weight is 321 g/mol. The van der Waals surface area contributed by atoms with Crippen molar-refractivity contribution < 1.29 is 14.1 Å². The molecular formula is C14H15N3O4S. The Bertz CT molecular complexity index is 840. The summed E-state index contributed by atoms with van der Waals surface area (Å²) in [4.78, 5) is 32.1. The minimum Gasteiger partial charge on any atom is -0.477 e. The molecule has 0 radical (unpaired) electrons. The number of aromatic carboxylic acids is 1. The molecule has 2 aromatic heterocycles. The van der Waals surface area contributed by atoms with E-state index in [1.165, 1.54) is 23.1 Å². The summed E-state index contributed by atoms with van der Waals surface area (Å²) in [5, 5.41) is 9.84.